The van der Waals surface area contributed by atoms with E-state index in [1.807, 2.05) is 0 Å². The Morgan fingerprint density at radius 1 is 1.14 bits per heavy atom. The highest BCUT2D eigenvalue weighted by molar-refractivity contribution is 7.92. The van der Waals surface area contributed by atoms with Crippen molar-refractivity contribution in [3.8, 4) is 0 Å². The van der Waals surface area contributed by atoms with E-state index in [1.54, 1.807) is 11.6 Å². The van der Waals surface area contributed by atoms with Crippen LogP contribution < -0.4 is 5.32 Å². The highest BCUT2D eigenvalue weighted by Crippen LogP contribution is 2.56. The van der Waals surface area contributed by atoms with Gasteiger partial charge in [-0.3, -0.25) is 4.79 Å². The Balaban J connectivity index is 1.39. The highest BCUT2D eigenvalue weighted by atomic mass is 35.5. The van der Waals surface area contributed by atoms with E-state index in [9.17, 15) is 32.2 Å². The first-order valence-electron chi connectivity index (χ1n) is 11.6. The van der Waals surface area contributed by atoms with E-state index in [1.165, 1.54) is 35.6 Å². The number of amides is 1. The maximum atomic E-state index is 13.7. The van der Waals surface area contributed by atoms with Crippen LogP contribution >= 0.6 is 22.9 Å². The number of carbonyl (C=O) groups excluding carboxylic acids is 1. The third-order valence-corrected chi connectivity index (χ3v) is 11.0. The van der Waals surface area contributed by atoms with Gasteiger partial charge in [0.2, 0.25) is 0 Å². The van der Waals surface area contributed by atoms with Gasteiger partial charge < -0.3 is 15.5 Å². The van der Waals surface area contributed by atoms with Gasteiger partial charge in [0.15, 0.2) is 21.5 Å². The molecule has 3 N–H and O–H groups in total. The zero-order chi connectivity index (χ0) is 26.5. The van der Waals surface area contributed by atoms with Crippen molar-refractivity contribution in [2.75, 3.05) is 5.32 Å². The van der Waals surface area contributed by atoms with Gasteiger partial charge >= 0.3 is 0 Å². The van der Waals surface area contributed by atoms with Gasteiger partial charge in [0.1, 0.15) is 16.7 Å². The van der Waals surface area contributed by atoms with Crippen molar-refractivity contribution in [2.45, 2.75) is 47.5 Å². The molecule has 1 aromatic heterocycles. The van der Waals surface area contributed by atoms with Crippen molar-refractivity contribution in [3.05, 3.63) is 75.2 Å². The molecule has 12 heteroatoms. The van der Waals surface area contributed by atoms with Crippen LogP contribution in [0.15, 0.2) is 52.9 Å². The van der Waals surface area contributed by atoms with Crippen LogP contribution in [0.1, 0.15) is 47.2 Å². The first-order valence-corrected chi connectivity index (χ1v) is 14.4. The zero-order valence-corrected chi connectivity index (χ0v) is 21.7. The van der Waals surface area contributed by atoms with Crippen molar-refractivity contribution in [2.24, 2.45) is 11.8 Å². The van der Waals surface area contributed by atoms with Crippen molar-refractivity contribution in [3.63, 3.8) is 0 Å². The van der Waals surface area contributed by atoms with Gasteiger partial charge in [-0.15, -0.1) is 11.3 Å². The number of carbonyl (C=O) groups is 1. The van der Waals surface area contributed by atoms with Crippen LogP contribution in [0.5, 0.6) is 0 Å². The Labute approximate surface area is 221 Å². The fourth-order valence-electron chi connectivity index (χ4n) is 5.63. The molecule has 5 rings (SSSR count). The predicted molar refractivity (Wildman–Crippen MR) is 134 cm³/mol. The topological polar surface area (TPSA) is 117 Å². The molecule has 2 bridgehead atoms. The van der Waals surface area contributed by atoms with Gasteiger partial charge in [-0.25, -0.2) is 22.2 Å². The number of nitrogens with zero attached hydrogens (tertiary/aromatic N) is 1. The summed E-state index contributed by atoms with van der Waals surface area (Å²) in [6, 6.07) is 6.68. The number of thiazole rings is 1. The van der Waals surface area contributed by atoms with Crippen LogP contribution in [0.4, 0.5) is 14.5 Å². The fraction of sp³-hybridized carbons (Fsp3) is 0.360. The summed E-state index contributed by atoms with van der Waals surface area (Å²) < 4.78 is 54.1. The van der Waals surface area contributed by atoms with Gasteiger partial charge in [-0.05, 0) is 67.9 Å². The molecule has 3 aromatic rings. The number of aliphatic hydroxyl groups excluding tert-OH is 1. The highest BCUT2D eigenvalue weighted by Gasteiger charge is 2.59. The van der Waals surface area contributed by atoms with E-state index < -0.39 is 56.2 Å². The molecule has 0 spiro atoms. The molecular weight excluding hydrogens is 546 g/mol. The minimum Gasteiger partial charge on any atom is -0.386 e. The molecular formula is C25H23ClF2N2O5S2. The first kappa shape index (κ1) is 26.2. The van der Waals surface area contributed by atoms with Crippen LogP contribution in [0.2, 0.25) is 5.02 Å². The number of hydrogen-bond acceptors (Lipinski definition) is 7. The number of halogens is 3. The molecule has 0 radical (unpaired) electrons. The summed E-state index contributed by atoms with van der Waals surface area (Å²) in [5, 5.41) is 26.0. The molecule has 2 fully saturated rings. The second-order valence-electron chi connectivity index (χ2n) is 9.50. The maximum absolute atomic E-state index is 13.7. The molecule has 37 heavy (non-hydrogen) atoms. The van der Waals surface area contributed by atoms with E-state index in [2.05, 4.69) is 10.3 Å². The molecule has 2 unspecified atom stereocenters. The fourth-order valence-corrected chi connectivity index (χ4v) is 8.73. The lowest BCUT2D eigenvalue weighted by molar-refractivity contribution is -0.144. The number of anilines is 1. The quantitative estimate of drug-likeness (QED) is 0.395. The Hall–Kier alpha value is -2.44. The molecule has 0 saturated heterocycles. The number of aliphatic hydroxyl groups is 2. The van der Waals surface area contributed by atoms with Crippen LogP contribution in [-0.4, -0.2) is 40.4 Å². The smallest absolute Gasteiger partial charge is 0.255 e. The summed E-state index contributed by atoms with van der Waals surface area (Å²) in [6.45, 7) is 0. The number of benzene rings is 2. The van der Waals surface area contributed by atoms with Gasteiger partial charge in [0, 0.05) is 28.9 Å². The molecule has 2 aliphatic rings. The Morgan fingerprint density at radius 3 is 2.46 bits per heavy atom. The summed E-state index contributed by atoms with van der Waals surface area (Å²) in [4.78, 5) is 16.6. The van der Waals surface area contributed by atoms with E-state index in [4.69, 9.17) is 11.6 Å². The molecule has 0 aliphatic heterocycles. The van der Waals surface area contributed by atoms with Crippen LogP contribution in [-0.2, 0) is 9.84 Å². The van der Waals surface area contributed by atoms with E-state index in [-0.39, 0.29) is 34.0 Å². The maximum Gasteiger partial charge on any atom is 0.255 e. The summed E-state index contributed by atoms with van der Waals surface area (Å²) in [7, 11) is -4.02. The molecule has 1 heterocycles. The monoisotopic (exact) mass is 568 g/mol. The van der Waals surface area contributed by atoms with Gasteiger partial charge in [-0.2, -0.15) is 0 Å². The van der Waals surface area contributed by atoms with Crippen molar-refractivity contribution in [1.29, 1.82) is 0 Å². The summed E-state index contributed by atoms with van der Waals surface area (Å²) in [6.07, 6.45) is 1.72. The average molecular weight is 569 g/mol. The Bertz CT molecular complexity index is 1440. The molecule has 1 amide bonds. The minimum atomic E-state index is -4.02. The van der Waals surface area contributed by atoms with Crippen molar-refractivity contribution < 1.29 is 32.2 Å². The molecule has 2 aliphatic carbocycles. The Kier molecular flexibility index (Phi) is 6.86. The second kappa shape index (κ2) is 9.70. The number of nitrogens with one attached hydrogen (secondary N) is 1. The normalized spacial score (nSPS) is 26.1. The third kappa shape index (κ3) is 4.57. The van der Waals surface area contributed by atoms with E-state index in [0.717, 1.165) is 12.1 Å². The second-order valence-corrected chi connectivity index (χ2v) is 13.0. The molecule has 196 valence electrons. The lowest BCUT2D eigenvalue weighted by atomic mass is 9.71. The minimum absolute atomic E-state index is 0.00480. The SMILES string of the molecule is O=C(Nc1ccc(F)c(F)c1)c1ccc(Cl)c(S(=O)(=O)C2C[C@H]3CC[C@@H](C2)C3(O)[C@@H](O)c2nccs2)c1. The Morgan fingerprint density at radius 2 is 1.84 bits per heavy atom. The average Bonchev–Trinajstić information content (AvgIpc) is 3.43. The third-order valence-electron chi connectivity index (χ3n) is 7.51. The van der Waals surface area contributed by atoms with Crippen LogP contribution in [0, 0.1) is 23.5 Å². The molecule has 2 aromatic carbocycles. The molecule has 5 atom stereocenters. The lowest BCUT2D eigenvalue weighted by Crippen LogP contribution is -2.52. The number of aromatic nitrogens is 1. The number of fused-ring (bicyclic) bond motifs is 2. The van der Waals surface area contributed by atoms with Crippen LogP contribution in [0.25, 0.3) is 0 Å². The molecule has 7 nitrogen and oxygen atoms in total. The largest absolute Gasteiger partial charge is 0.386 e. The number of hydrogen-bond donors (Lipinski definition) is 3. The summed E-state index contributed by atoms with van der Waals surface area (Å²) in [5.74, 6) is -3.83. The number of sulfone groups is 1. The summed E-state index contributed by atoms with van der Waals surface area (Å²) in [5.41, 5.74) is -1.49. The first-order chi connectivity index (χ1) is 17.5. The predicted octanol–water partition coefficient (Wildman–Crippen LogP) is 4.75. The molecule has 2 saturated carbocycles. The number of rotatable bonds is 6. The summed E-state index contributed by atoms with van der Waals surface area (Å²) >= 11 is 7.50. The van der Waals surface area contributed by atoms with Gasteiger partial charge in [-0.1, -0.05) is 11.6 Å². The van der Waals surface area contributed by atoms with Gasteiger partial charge in [0.25, 0.3) is 5.91 Å². The van der Waals surface area contributed by atoms with Crippen molar-refractivity contribution >= 4 is 44.4 Å². The lowest BCUT2D eigenvalue weighted by Gasteiger charge is -2.44. The van der Waals surface area contributed by atoms with Crippen molar-refractivity contribution in [1.82, 2.24) is 4.98 Å². The van der Waals surface area contributed by atoms with E-state index in [0.29, 0.717) is 17.8 Å². The van der Waals surface area contributed by atoms with E-state index >= 15 is 0 Å². The standard InChI is InChI=1S/C25H23ClF2N2O5S2/c26-18-5-1-13(23(32)30-16-4-6-19(27)20(28)12-16)9-21(18)37(34,35)17-10-14-2-3-15(11-17)25(14,33)22(31)24-29-7-8-36-24/h1,4-9,12,14-15,17,22,31,33H,2-3,10-11H2,(H,30,32)/t14-,15+,17?,22-,25?/m0/s1. The zero-order valence-electron chi connectivity index (χ0n) is 19.3. The van der Waals surface area contributed by atoms with Gasteiger partial charge in [0.05, 0.1) is 15.2 Å². The van der Waals surface area contributed by atoms with Crippen LogP contribution in [0.3, 0.4) is 0 Å².